The predicted molar refractivity (Wildman–Crippen MR) is 135 cm³/mol. The number of hydrogen-bond donors (Lipinski definition) is 5. The molecule has 4 aliphatic carbocycles. The van der Waals surface area contributed by atoms with E-state index in [9.17, 15) is 29.4 Å². The lowest BCUT2D eigenvalue weighted by Gasteiger charge is -2.34. The Kier molecular flexibility index (Phi) is 8.57. The number of aliphatic hydroxyl groups excluding tert-OH is 2. The fourth-order valence-electron chi connectivity index (χ4n) is 7.45. The van der Waals surface area contributed by atoms with Crippen LogP contribution in [0.3, 0.4) is 0 Å². The van der Waals surface area contributed by atoms with Gasteiger partial charge in [-0.05, 0) is 77.5 Å². The third-order valence-electron chi connectivity index (χ3n) is 9.11. The second-order valence-corrected chi connectivity index (χ2v) is 12.1. The summed E-state index contributed by atoms with van der Waals surface area (Å²) in [6.45, 7) is 2.22. The third kappa shape index (κ3) is 5.69. The van der Waals surface area contributed by atoms with Crippen LogP contribution in [0.5, 0.6) is 0 Å². The standard InChI is InChI=1S/C26H43N5O6/c1-30(2)7-5-27-23(34)19-13-9-15(17(32)11-13)21(19)25(36)29-26(37)22-16-10-14(12-18(16)33)20(22)24(35)28-6-8-31(3)4/h13-22,32-33H,5-12H2,1-4H3,(H,27,34)(H,28,35)(H,29,36,37). The molecule has 5 N–H and O–H groups in total. The monoisotopic (exact) mass is 521 g/mol. The third-order valence-corrected chi connectivity index (χ3v) is 9.11. The maximum atomic E-state index is 13.5. The maximum Gasteiger partial charge on any atom is 0.230 e. The molecule has 37 heavy (non-hydrogen) atoms. The van der Waals surface area contributed by atoms with E-state index in [0.717, 1.165) is 0 Å². The lowest BCUT2D eigenvalue weighted by atomic mass is 9.75. The molecule has 11 heteroatoms. The molecular formula is C26H43N5O6. The first-order chi connectivity index (χ1) is 17.5. The molecule has 0 aromatic rings. The summed E-state index contributed by atoms with van der Waals surface area (Å²) in [5.41, 5.74) is 0. The van der Waals surface area contributed by atoms with Gasteiger partial charge < -0.3 is 30.6 Å². The molecule has 11 nitrogen and oxygen atoms in total. The molecule has 4 saturated carbocycles. The first kappa shape index (κ1) is 27.9. The van der Waals surface area contributed by atoms with Crippen molar-refractivity contribution < 1.29 is 29.4 Å². The van der Waals surface area contributed by atoms with Crippen LogP contribution in [0.4, 0.5) is 0 Å². The van der Waals surface area contributed by atoms with E-state index in [1.54, 1.807) is 0 Å². The van der Waals surface area contributed by atoms with Gasteiger partial charge in [-0.3, -0.25) is 24.5 Å². The summed E-state index contributed by atoms with van der Waals surface area (Å²) >= 11 is 0. The highest BCUT2D eigenvalue weighted by Crippen LogP contribution is 2.54. The molecule has 0 aromatic carbocycles. The van der Waals surface area contributed by atoms with Crippen LogP contribution >= 0.6 is 0 Å². The first-order valence-corrected chi connectivity index (χ1v) is 13.5. The lowest BCUT2D eigenvalue weighted by Crippen LogP contribution is -2.53. The minimum atomic E-state index is -0.798. The zero-order valence-electron chi connectivity index (χ0n) is 22.4. The van der Waals surface area contributed by atoms with Gasteiger partial charge in [0, 0.05) is 26.2 Å². The molecule has 0 aromatic heterocycles. The molecule has 0 radical (unpaired) electrons. The van der Waals surface area contributed by atoms with Gasteiger partial charge >= 0.3 is 0 Å². The van der Waals surface area contributed by atoms with E-state index in [2.05, 4.69) is 16.0 Å². The van der Waals surface area contributed by atoms with Crippen molar-refractivity contribution in [3.8, 4) is 0 Å². The number of nitrogens with zero attached hydrogens (tertiary/aromatic N) is 2. The van der Waals surface area contributed by atoms with Gasteiger partial charge in [-0.25, -0.2) is 0 Å². The smallest absolute Gasteiger partial charge is 0.230 e. The van der Waals surface area contributed by atoms with Crippen molar-refractivity contribution >= 4 is 23.6 Å². The number of fused-ring (bicyclic) bond motifs is 4. The quantitative estimate of drug-likeness (QED) is 0.212. The summed E-state index contributed by atoms with van der Waals surface area (Å²) in [6, 6.07) is 0. The minimum Gasteiger partial charge on any atom is -0.393 e. The molecule has 4 rings (SSSR count). The van der Waals surface area contributed by atoms with Crippen LogP contribution in [0, 0.1) is 47.3 Å². The van der Waals surface area contributed by atoms with Gasteiger partial charge in [-0.1, -0.05) is 0 Å². The molecule has 0 heterocycles. The molecule has 4 amide bonds. The summed E-state index contributed by atoms with van der Waals surface area (Å²) in [5.74, 6) is -5.32. The molecule has 0 spiro atoms. The maximum absolute atomic E-state index is 13.5. The van der Waals surface area contributed by atoms with Gasteiger partial charge in [0.15, 0.2) is 0 Å². The average molecular weight is 522 g/mol. The van der Waals surface area contributed by atoms with E-state index < -0.39 is 47.7 Å². The number of imide groups is 1. The molecule has 0 aliphatic heterocycles. The first-order valence-electron chi connectivity index (χ1n) is 13.5. The number of nitrogens with one attached hydrogen (secondary N) is 3. The van der Waals surface area contributed by atoms with Crippen molar-refractivity contribution in [3.63, 3.8) is 0 Å². The van der Waals surface area contributed by atoms with E-state index in [1.165, 1.54) is 0 Å². The van der Waals surface area contributed by atoms with Crippen molar-refractivity contribution in [2.75, 3.05) is 54.4 Å². The largest absolute Gasteiger partial charge is 0.393 e. The number of rotatable bonds is 10. The zero-order chi connectivity index (χ0) is 27.0. The van der Waals surface area contributed by atoms with Crippen LogP contribution in [0.25, 0.3) is 0 Å². The Bertz CT molecular complexity index is 827. The molecule has 4 bridgehead atoms. The number of amides is 4. The fourth-order valence-corrected chi connectivity index (χ4v) is 7.45. The summed E-state index contributed by atoms with van der Waals surface area (Å²) in [7, 11) is 7.63. The highest BCUT2D eigenvalue weighted by atomic mass is 16.3. The van der Waals surface area contributed by atoms with Crippen molar-refractivity contribution in [1.29, 1.82) is 0 Å². The van der Waals surface area contributed by atoms with Crippen molar-refractivity contribution in [2.24, 2.45) is 47.3 Å². The number of likely N-dealkylation sites (N-methyl/N-ethyl adjacent to an activating group) is 2. The van der Waals surface area contributed by atoms with Crippen LogP contribution in [-0.4, -0.2) is 110 Å². The second kappa shape index (κ2) is 11.3. The van der Waals surface area contributed by atoms with Crippen LogP contribution in [0.15, 0.2) is 0 Å². The van der Waals surface area contributed by atoms with E-state index >= 15 is 0 Å². The highest BCUT2D eigenvalue weighted by molar-refractivity contribution is 6.01. The summed E-state index contributed by atoms with van der Waals surface area (Å²) < 4.78 is 0. The van der Waals surface area contributed by atoms with Gasteiger partial charge in [0.2, 0.25) is 23.6 Å². The van der Waals surface area contributed by atoms with Gasteiger partial charge in [0.05, 0.1) is 35.9 Å². The molecule has 10 unspecified atom stereocenters. The Balaban J connectivity index is 1.44. The van der Waals surface area contributed by atoms with E-state index in [4.69, 9.17) is 0 Å². The van der Waals surface area contributed by atoms with Crippen LogP contribution in [0.1, 0.15) is 25.7 Å². The Morgan fingerprint density at radius 2 is 1.00 bits per heavy atom. The second-order valence-electron chi connectivity index (χ2n) is 12.1. The lowest BCUT2D eigenvalue weighted by molar-refractivity contribution is -0.147. The SMILES string of the molecule is CN(C)CCNC(=O)C1C2CC(O)C(C2)C1C(=O)NC(=O)C1C2CC(CC2O)C1C(=O)NCCN(C)C. The van der Waals surface area contributed by atoms with Gasteiger partial charge in [0.1, 0.15) is 0 Å². The van der Waals surface area contributed by atoms with Crippen LogP contribution in [-0.2, 0) is 19.2 Å². The minimum absolute atomic E-state index is 0.107. The van der Waals surface area contributed by atoms with Gasteiger partial charge in [-0.15, -0.1) is 0 Å². The van der Waals surface area contributed by atoms with Crippen molar-refractivity contribution in [2.45, 2.75) is 37.9 Å². The Labute approximate surface area is 218 Å². The predicted octanol–water partition coefficient (Wildman–Crippen LogP) is -1.75. The number of hydrogen-bond acceptors (Lipinski definition) is 8. The number of aliphatic hydroxyl groups is 2. The average Bonchev–Trinajstić information content (AvgIpc) is 3.55. The molecule has 4 fully saturated rings. The Hall–Kier alpha value is -2.08. The summed E-state index contributed by atoms with van der Waals surface area (Å²) in [4.78, 5) is 56.9. The molecule has 4 aliphatic rings. The molecular weight excluding hydrogens is 478 g/mol. The Morgan fingerprint density at radius 1 is 0.622 bits per heavy atom. The van der Waals surface area contributed by atoms with E-state index in [0.29, 0.717) is 51.9 Å². The zero-order valence-corrected chi connectivity index (χ0v) is 22.4. The van der Waals surface area contributed by atoms with Crippen molar-refractivity contribution in [3.05, 3.63) is 0 Å². The molecule has 208 valence electrons. The number of carbonyl (C=O) groups is 4. The van der Waals surface area contributed by atoms with E-state index in [1.807, 2.05) is 38.0 Å². The normalized spacial score (nSPS) is 37.8. The van der Waals surface area contributed by atoms with Gasteiger partial charge in [0.25, 0.3) is 0 Å². The molecule has 0 saturated heterocycles. The summed E-state index contributed by atoms with van der Waals surface area (Å²) in [5, 5.41) is 29.3. The topological polar surface area (TPSA) is 151 Å². The summed E-state index contributed by atoms with van der Waals surface area (Å²) in [6.07, 6.45) is 0.734. The van der Waals surface area contributed by atoms with E-state index in [-0.39, 0.29) is 35.5 Å². The van der Waals surface area contributed by atoms with Gasteiger partial charge in [-0.2, -0.15) is 0 Å². The highest BCUT2D eigenvalue weighted by Gasteiger charge is 2.60. The fraction of sp³-hybridized carbons (Fsp3) is 0.846. The van der Waals surface area contributed by atoms with Crippen LogP contribution < -0.4 is 16.0 Å². The van der Waals surface area contributed by atoms with Crippen LogP contribution in [0.2, 0.25) is 0 Å². The van der Waals surface area contributed by atoms with Crippen molar-refractivity contribution in [1.82, 2.24) is 25.8 Å². The molecule has 10 atom stereocenters. The number of carbonyl (C=O) groups excluding carboxylic acids is 4. The Morgan fingerprint density at radius 3 is 1.35 bits per heavy atom.